The lowest BCUT2D eigenvalue weighted by molar-refractivity contribution is 0.112. The number of ether oxygens (including phenoxy) is 1. The SMILES string of the molecule is CN(CCCOc1cccc(C=O)c1)CCc1cnc(C(O)c2ccccc2)o1. The van der Waals surface area contributed by atoms with Crippen molar-refractivity contribution in [1.29, 1.82) is 0 Å². The first-order chi connectivity index (χ1) is 14.2. The van der Waals surface area contributed by atoms with E-state index in [-0.39, 0.29) is 0 Å². The molecule has 0 aliphatic rings. The average molecular weight is 394 g/mol. The molecule has 1 aromatic heterocycles. The summed E-state index contributed by atoms with van der Waals surface area (Å²) in [5.74, 6) is 1.78. The van der Waals surface area contributed by atoms with Gasteiger partial charge < -0.3 is 19.2 Å². The molecule has 0 radical (unpaired) electrons. The van der Waals surface area contributed by atoms with Gasteiger partial charge in [0.05, 0.1) is 12.8 Å². The molecule has 0 spiro atoms. The Labute approximate surface area is 170 Å². The zero-order valence-corrected chi connectivity index (χ0v) is 16.5. The van der Waals surface area contributed by atoms with Crippen molar-refractivity contribution in [3.63, 3.8) is 0 Å². The first kappa shape index (κ1) is 20.8. The minimum Gasteiger partial charge on any atom is -0.494 e. The van der Waals surface area contributed by atoms with Crippen molar-refractivity contribution < 1.29 is 19.1 Å². The number of likely N-dealkylation sites (N-methyl/N-ethyl adjacent to an activating group) is 1. The lowest BCUT2D eigenvalue weighted by atomic mass is 10.1. The first-order valence-corrected chi connectivity index (χ1v) is 9.70. The zero-order chi connectivity index (χ0) is 20.5. The highest BCUT2D eigenvalue weighted by molar-refractivity contribution is 5.75. The summed E-state index contributed by atoms with van der Waals surface area (Å²) in [6.07, 6.45) is 3.23. The number of aliphatic hydroxyl groups excluding tert-OH is 1. The minimum absolute atomic E-state index is 0.319. The van der Waals surface area contributed by atoms with Crippen molar-refractivity contribution >= 4 is 6.29 Å². The van der Waals surface area contributed by atoms with E-state index in [4.69, 9.17) is 9.15 Å². The minimum atomic E-state index is -0.849. The fourth-order valence-electron chi connectivity index (χ4n) is 2.96. The number of carbonyl (C=O) groups is 1. The highest BCUT2D eigenvalue weighted by Crippen LogP contribution is 2.21. The Morgan fingerprint density at radius 1 is 1.17 bits per heavy atom. The van der Waals surface area contributed by atoms with E-state index in [1.165, 1.54) is 0 Å². The van der Waals surface area contributed by atoms with Crippen LogP contribution >= 0.6 is 0 Å². The molecule has 1 heterocycles. The Balaban J connectivity index is 1.38. The third-order valence-corrected chi connectivity index (χ3v) is 4.61. The highest BCUT2D eigenvalue weighted by Gasteiger charge is 2.16. The van der Waals surface area contributed by atoms with E-state index in [2.05, 4.69) is 9.88 Å². The third kappa shape index (κ3) is 6.27. The molecule has 2 aromatic carbocycles. The second-order valence-electron chi connectivity index (χ2n) is 6.92. The summed E-state index contributed by atoms with van der Waals surface area (Å²) in [5.41, 5.74) is 1.38. The molecule has 0 bridgehead atoms. The van der Waals surface area contributed by atoms with Crippen LogP contribution < -0.4 is 4.74 Å². The summed E-state index contributed by atoms with van der Waals surface area (Å²) < 4.78 is 11.4. The number of aliphatic hydroxyl groups is 1. The molecule has 29 heavy (non-hydrogen) atoms. The second-order valence-corrected chi connectivity index (χ2v) is 6.92. The van der Waals surface area contributed by atoms with Gasteiger partial charge in [0, 0.05) is 25.1 Å². The smallest absolute Gasteiger partial charge is 0.227 e. The molecule has 0 fully saturated rings. The average Bonchev–Trinajstić information content (AvgIpc) is 3.24. The van der Waals surface area contributed by atoms with Crippen LogP contribution in [0.2, 0.25) is 0 Å². The molecular weight excluding hydrogens is 368 g/mol. The molecular formula is C23H26N2O4. The van der Waals surface area contributed by atoms with E-state index in [9.17, 15) is 9.90 Å². The standard InChI is InChI=1S/C23H26N2O4/c1-25(12-6-14-28-20-10-5-7-18(15-20)17-26)13-11-21-16-24-23(29-21)22(27)19-8-3-2-4-9-19/h2-5,7-10,15-17,22,27H,6,11-14H2,1H3. The monoisotopic (exact) mass is 394 g/mol. The number of aromatic nitrogens is 1. The molecule has 6 heteroatoms. The van der Waals surface area contributed by atoms with Crippen LogP contribution in [0.1, 0.15) is 40.1 Å². The maximum absolute atomic E-state index is 10.8. The summed E-state index contributed by atoms with van der Waals surface area (Å²) in [7, 11) is 2.04. The van der Waals surface area contributed by atoms with E-state index in [0.29, 0.717) is 30.2 Å². The maximum atomic E-state index is 10.8. The van der Waals surface area contributed by atoms with E-state index < -0.39 is 6.10 Å². The van der Waals surface area contributed by atoms with Crippen LogP contribution in [0.3, 0.4) is 0 Å². The van der Waals surface area contributed by atoms with Gasteiger partial charge in [-0.3, -0.25) is 4.79 Å². The van der Waals surface area contributed by atoms with Crippen molar-refractivity contribution in [2.45, 2.75) is 18.9 Å². The molecule has 0 aliphatic carbocycles. The van der Waals surface area contributed by atoms with Crippen molar-refractivity contribution in [2.75, 3.05) is 26.7 Å². The van der Waals surface area contributed by atoms with Gasteiger partial charge in [-0.15, -0.1) is 0 Å². The van der Waals surface area contributed by atoms with E-state index >= 15 is 0 Å². The normalized spacial score (nSPS) is 12.1. The molecule has 1 N–H and O–H groups in total. The number of benzene rings is 2. The number of oxazole rings is 1. The molecule has 3 rings (SSSR count). The Hall–Kier alpha value is -2.96. The van der Waals surface area contributed by atoms with E-state index in [1.54, 1.807) is 18.3 Å². The van der Waals surface area contributed by atoms with Gasteiger partial charge in [-0.05, 0) is 31.2 Å². The fourth-order valence-corrected chi connectivity index (χ4v) is 2.96. The van der Waals surface area contributed by atoms with Crippen molar-refractivity contribution in [1.82, 2.24) is 9.88 Å². The predicted octanol–water partition coefficient (Wildman–Crippen LogP) is 3.51. The molecule has 152 valence electrons. The summed E-state index contributed by atoms with van der Waals surface area (Å²) >= 11 is 0. The Bertz CT molecular complexity index is 895. The molecule has 3 aromatic rings. The number of carbonyl (C=O) groups excluding carboxylic acids is 1. The third-order valence-electron chi connectivity index (χ3n) is 4.61. The van der Waals surface area contributed by atoms with Gasteiger partial charge in [0.1, 0.15) is 17.8 Å². The second kappa shape index (κ2) is 10.5. The molecule has 0 aliphatic heterocycles. The summed E-state index contributed by atoms with van der Waals surface area (Å²) in [6.45, 7) is 2.28. The molecule has 1 atom stereocenters. The van der Waals surface area contributed by atoms with Gasteiger partial charge >= 0.3 is 0 Å². The molecule has 0 saturated heterocycles. The van der Waals surface area contributed by atoms with Crippen LogP contribution in [0, 0.1) is 0 Å². The van der Waals surface area contributed by atoms with Crippen molar-refractivity contribution in [2.24, 2.45) is 0 Å². The van der Waals surface area contributed by atoms with Crippen LogP contribution in [0.15, 0.2) is 65.2 Å². The fraction of sp³-hybridized carbons (Fsp3) is 0.304. The van der Waals surface area contributed by atoms with Crippen molar-refractivity contribution in [3.8, 4) is 5.75 Å². The summed E-state index contributed by atoms with van der Waals surface area (Å²) in [5, 5.41) is 10.4. The zero-order valence-electron chi connectivity index (χ0n) is 16.5. The van der Waals surface area contributed by atoms with Gasteiger partial charge in [-0.25, -0.2) is 4.98 Å². The van der Waals surface area contributed by atoms with E-state index in [1.807, 2.05) is 49.5 Å². The number of aldehydes is 1. The molecule has 6 nitrogen and oxygen atoms in total. The highest BCUT2D eigenvalue weighted by atomic mass is 16.5. The van der Waals surface area contributed by atoms with Gasteiger partial charge in [-0.2, -0.15) is 0 Å². The first-order valence-electron chi connectivity index (χ1n) is 9.70. The summed E-state index contributed by atoms with van der Waals surface area (Å²) in [6, 6.07) is 16.5. The quantitative estimate of drug-likeness (QED) is 0.396. The number of nitrogens with zero attached hydrogens (tertiary/aromatic N) is 2. The largest absolute Gasteiger partial charge is 0.494 e. The lowest BCUT2D eigenvalue weighted by Crippen LogP contribution is -2.23. The Morgan fingerprint density at radius 2 is 2.00 bits per heavy atom. The van der Waals surface area contributed by atoms with E-state index in [0.717, 1.165) is 37.1 Å². The van der Waals surface area contributed by atoms with Crippen LogP contribution in [0.5, 0.6) is 5.75 Å². The van der Waals surface area contributed by atoms with Crippen LogP contribution in [-0.2, 0) is 6.42 Å². The number of rotatable bonds is 11. The predicted molar refractivity (Wildman–Crippen MR) is 110 cm³/mol. The topological polar surface area (TPSA) is 75.8 Å². The Morgan fingerprint density at radius 3 is 2.79 bits per heavy atom. The number of hydrogen-bond acceptors (Lipinski definition) is 6. The number of hydrogen-bond donors (Lipinski definition) is 1. The molecule has 1 unspecified atom stereocenters. The van der Waals surface area contributed by atoms with Gasteiger partial charge in [0.25, 0.3) is 0 Å². The molecule has 0 amide bonds. The van der Waals surface area contributed by atoms with Crippen LogP contribution in [0.25, 0.3) is 0 Å². The maximum Gasteiger partial charge on any atom is 0.227 e. The van der Waals surface area contributed by atoms with Gasteiger partial charge in [0.15, 0.2) is 6.10 Å². The lowest BCUT2D eigenvalue weighted by Gasteiger charge is -2.16. The molecule has 0 saturated carbocycles. The summed E-state index contributed by atoms with van der Waals surface area (Å²) in [4.78, 5) is 17.2. The van der Waals surface area contributed by atoms with Gasteiger partial charge in [0.2, 0.25) is 5.89 Å². The Kier molecular flexibility index (Phi) is 7.55. The van der Waals surface area contributed by atoms with Crippen LogP contribution in [0.4, 0.5) is 0 Å². The van der Waals surface area contributed by atoms with Gasteiger partial charge in [-0.1, -0.05) is 42.5 Å². The van der Waals surface area contributed by atoms with Crippen LogP contribution in [-0.4, -0.2) is 48.0 Å². The van der Waals surface area contributed by atoms with Crippen molar-refractivity contribution in [3.05, 3.63) is 83.6 Å².